The first kappa shape index (κ1) is 11.9. The van der Waals surface area contributed by atoms with Crippen LogP contribution in [0.4, 0.5) is 0 Å². The van der Waals surface area contributed by atoms with Crippen molar-refractivity contribution in [3.05, 3.63) is 29.4 Å². The number of carbonyl (C=O) groups excluding carboxylic acids is 1. The highest BCUT2D eigenvalue weighted by Gasteiger charge is 2.10. The van der Waals surface area contributed by atoms with Gasteiger partial charge in [-0.25, -0.2) is 4.98 Å². The van der Waals surface area contributed by atoms with E-state index in [-0.39, 0.29) is 5.97 Å². The molecular formula is C13H18N2O2. The molecule has 0 amide bonds. The van der Waals surface area contributed by atoms with Gasteiger partial charge in [-0.1, -0.05) is 12.2 Å². The van der Waals surface area contributed by atoms with Crippen molar-refractivity contribution >= 4 is 5.97 Å². The minimum atomic E-state index is -0.237. The van der Waals surface area contributed by atoms with Crippen molar-refractivity contribution < 1.29 is 9.53 Å². The molecule has 0 saturated carbocycles. The fourth-order valence-electron chi connectivity index (χ4n) is 2.01. The van der Waals surface area contributed by atoms with E-state index in [9.17, 15) is 4.79 Å². The van der Waals surface area contributed by atoms with Crippen LogP contribution in [0.15, 0.2) is 12.2 Å². The van der Waals surface area contributed by atoms with Crippen LogP contribution in [0.25, 0.3) is 0 Å². The zero-order valence-electron chi connectivity index (χ0n) is 10.2. The van der Waals surface area contributed by atoms with Crippen LogP contribution in [0.2, 0.25) is 0 Å². The Labute approximate surface area is 101 Å². The Balaban J connectivity index is 1.96. The zero-order valence-corrected chi connectivity index (χ0v) is 10.2. The average molecular weight is 234 g/mol. The van der Waals surface area contributed by atoms with E-state index in [1.807, 2.05) is 0 Å². The topological polar surface area (TPSA) is 55.0 Å². The maximum Gasteiger partial charge on any atom is 0.302 e. The summed E-state index contributed by atoms with van der Waals surface area (Å²) in [4.78, 5) is 18.6. The van der Waals surface area contributed by atoms with E-state index < -0.39 is 0 Å². The number of nitrogens with zero attached hydrogens (tertiary/aromatic N) is 1. The van der Waals surface area contributed by atoms with E-state index in [0.29, 0.717) is 13.0 Å². The third-order valence-electron chi connectivity index (χ3n) is 2.83. The van der Waals surface area contributed by atoms with Crippen molar-refractivity contribution in [2.75, 3.05) is 6.61 Å². The largest absolute Gasteiger partial charge is 0.465 e. The molecular weight excluding hydrogens is 216 g/mol. The Morgan fingerprint density at radius 3 is 2.94 bits per heavy atom. The fraction of sp³-hybridized carbons (Fsp3) is 0.538. The first-order valence-corrected chi connectivity index (χ1v) is 6.10. The van der Waals surface area contributed by atoms with Crippen LogP contribution in [-0.4, -0.2) is 22.5 Å². The molecule has 1 aromatic rings. The summed E-state index contributed by atoms with van der Waals surface area (Å²) in [5.74, 6) is 0.692. The molecule has 0 fully saturated rings. The second-order valence-electron chi connectivity index (χ2n) is 4.25. The Kier molecular flexibility index (Phi) is 3.96. The van der Waals surface area contributed by atoms with E-state index in [1.54, 1.807) is 0 Å². The number of imidazole rings is 1. The Morgan fingerprint density at radius 2 is 2.18 bits per heavy atom. The monoisotopic (exact) mass is 234 g/mol. The predicted molar refractivity (Wildman–Crippen MR) is 64.7 cm³/mol. The molecule has 2 rings (SSSR count). The number of fused-ring (bicyclic) bond motifs is 1. The highest BCUT2D eigenvalue weighted by atomic mass is 16.5. The standard InChI is InChI=1S/C13H18N2O2/c1-10(16)17-9-8-13-14-11-6-4-2-3-5-7-12(11)15-13/h2-3H,4-9H2,1H3,(H,14,15)/b3-2+. The number of H-pyrrole nitrogens is 1. The van der Waals surface area contributed by atoms with E-state index in [2.05, 4.69) is 22.1 Å². The van der Waals surface area contributed by atoms with Gasteiger partial charge < -0.3 is 9.72 Å². The first-order valence-electron chi connectivity index (χ1n) is 6.10. The van der Waals surface area contributed by atoms with Gasteiger partial charge in [0.05, 0.1) is 12.3 Å². The number of allylic oxidation sites excluding steroid dienone is 2. The highest BCUT2D eigenvalue weighted by molar-refractivity contribution is 5.65. The summed E-state index contributed by atoms with van der Waals surface area (Å²) in [6, 6.07) is 0. The van der Waals surface area contributed by atoms with Gasteiger partial charge in [-0.3, -0.25) is 4.79 Å². The lowest BCUT2D eigenvalue weighted by atomic mass is 10.1. The van der Waals surface area contributed by atoms with Crippen molar-refractivity contribution in [1.29, 1.82) is 0 Å². The lowest BCUT2D eigenvalue weighted by Gasteiger charge is -2.02. The summed E-state index contributed by atoms with van der Waals surface area (Å²) in [6.07, 6.45) is 9.25. The molecule has 0 bridgehead atoms. The summed E-state index contributed by atoms with van der Waals surface area (Å²) < 4.78 is 4.92. The molecule has 0 saturated heterocycles. The van der Waals surface area contributed by atoms with Crippen molar-refractivity contribution in [2.24, 2.45) is 0 Å². The number of esters is 1. The molecule has 1 aromatic heterocycles. The normalized spacial score (nSPS) is 16.8. The maximum absolute atomic E-state index is 10.7. The number of hydrogen-bond acceptors (Lipinski definition) is 3. The molecule has 1 heterocycles. The quantitative estimate of drug-likeness (QED) is 0.642. The van der Waals surface area contributed by atoms with Crippen LogP contribution < -0.4 is 0 Å². The molecule has 1 aliphatic rings. The number of hydrogen-bond donors (Lipinski definition) is 1. The SMILES string of the molecule is CC(=O)OCCc1nc2c([nH]1)CC/C=C/CC2. The predicted octanol–water partition coefficient (Wildman–Crippen LogP) is 1.95. The molecule has 1 aliphatic carbocycles. The van der Waals surface area contributed by atoms with Crippen LogP contribution in [0.3, 0.4) is 0 Å². The molecule has 0 unspecified atom stereocenters. The van der Waals surface area contributed by atoms with Gasteiger partial charge in [0.2, 0.25) is 0 Å². The number of aryl methyl sites for hydroxylation is 2. The van der Waals surface area contributed by atoms with E-state index in [4.69, 9.17) is 4.74 Å². The number of ether oxygens (including phenoxy) is 1. The molecule has 0 radical (unpaired) electrons. The Bertz CT molecular complexity index is 394. The smallest absolute Gasteiger partial charge is 0.302 e. The minimum absolute atomic E-state index is 0.237. The molecule has 0 aromatic carbocycles. The van der Waals surface area contributed by atoms with Crippen molar-refractivity contribution in [3.63, 3.8) is 0 Å². The van der Waals surface area contributed by atoms with Gasteiger partial charge in [-0.2, -0.15) is 0 Å². The zero-order chi connectivity index (χ0) is 12.1. The van der Waals surface area contributed by atoms with Gasteiger partial charge >= 0.3 is 5.97 Å². The van der Waals surface area contributed by atoms with Gasteiger partial charge in [-0.15, -0.1) is 0 Å². The number of rotatable bonds is 3. The summed E-state index contributed by atoms with van der Waals surface area (Å²) in [6.45, 7) is 1.83. The van der Waals surface area contributed by atoms with Crippen LogP contribution in [0, 0.1) is 0 Å². The lowest BCUT2D eigenvalue weighted by molar-refractivity contribution is -0.140. The van der Waals surface area contributed by atoms with Crippen LogP contribution >= 0.6 is 0 Å². The van der Waals surface area contributed by atoms with Gasteiger partial charge in [0.25, 0.3) is 0 Å². The molecule has 0 spiro atoms. The third-order valence-corrected chi connectivity index (χ3v) is 2.83. The Hall–Kier alpha value is -1.58. The second-order valence-corrected chi connectivity index (χ2v) is 4.25. The summed E-state index contributed by atoms with van der Waals surface area (Å²) in [5, 5.41) is 0. The number of aromatic amines is 1. The summed E-state index contributed by atoms with van der Waals surface area (Å²) in [7, 11) is 0. The molecule has 4 heteroatoms. The fourth-order valence-corrected chi connectivity index (χ4v) is 2.01. The van der Waals surface area contributed by atoms with Crippen LogP contribution in [0.1, 0.15) is 37.0 Å². The van der Waals surface area contributed by atoms with Gasteiger partial charge in [-0.05, 0) is 25.7 Å². The third kappa shape index (κ3) is 3.44. The number of nitrogens with one attached hydrogen (secondary N) is 1. The van der Waals surface area contributed by atoms with Gasteiger partial charge in [0.1, 0.15) is 5.82 Å². The molecule has 4 nitrogen and oxygen atoms in total. The van der Waals surface area contributed by atoms with E-state index in [1.165, 1.54) is 18.3 Å². The minimum Gasteiger partial charge on any atom is -0.465 e. The van der Waals surface area contributed by atoms with Gasteiger partial charge in [0.15, 0.2) is 0 Å². The van der Waals surface area contributed by atoms with Crippen LogP contribution in [0.5, 0.6) is 0 Å². The van der Waals surface area contributed by atoms with Crippen molar-refractivity contribution in [2.45, 2.75) is 39.0 Å². The average Bonchev–Trinajstić information content (AvgIpc) is 2.60. The molecule has 92 valence electrons. The van der Waals surface area contributed by atoms with E-state index >= 15 is 0 Å². The maximum atomic E-state index is 10.7. The lowest BCUT2D eigenvalue weighted by Crippen LogP contribution is -2.04. The molecule has 17 heavy (non-hydrogen) atoms. The molecule has 0 atom stereocenters. The first-order chi connectivity index (χ1) is 8.25. The molecule has 0 aliphatic heterocycles. The Morgan fingerprint density at radius 1 is 1.41 bits per heavy atom. The number of aromatic nitrogens is 2. The summed E-state index contributed by atoms with van der Waals surface area (Å²) >= 11 is 0. The highest BCUT2D eigenvalue weighted by Crippen LogP contribution is 2.15. The summed E-state index contributed by atoms with van der Waals surface area (Å²) in [5.41, 5.74) is 2.42. The van der Waals surface area contributed by atoms with E-state index in [0.717, 1.165) is 31.5 Å². The van der Waals surface area contributed by atoms with Crippen molar-refractivity contribution in [1.82, 2.24) is 9.97 Å². The van der Waals surface area contributed by atoms with Crippen molar-refractivity contribution in [3.8, 4) is 0 Å². The van der Waals surface area contributed by atoms with Crippen LogP contribution in [-0.2, 0) is 28.8 Å². The number of carbonyl (C=O) groups is 1. The molecule has 1 N–H and O–H groups in total. The second kappa shape index (κ2) is 5.66. The van der Waals surface area contributed by atoms with Gasteiger partial charge in [0, 0.05) is 19.0 Å².